The predicted molar refractivity (Wildman–Crippen MR) is 52.3 cm³/mol. The van der Waals surface area contributed by atoms with Crippen molar-refractivity contribution in [2.75, 3.05) is 6.61 Å². The lowest BCUT2D eigenvalue weighted by Crippen LogP contribution is -2.28. The van der Waals surface area contributed by atoms with Crippen LogP contribution in [0.2, 0.25) is 0 Å². The quantitative estimate of drug-likeness (QED) is 0.490. The normalized spacial score (nSPS) is 25.9. The molecular weight excluding hydrogens is 164 g/mol. The SMILES string of the molecule is C=CCC1(C(=O)OCC)C=CCC1. The average molecular weight is 180 g/mol. The van der Waals surface area contributed by atoms with Gasteiger partial charge in [0.15, 0.2) is 0 Å². The van der Waals surface area contributed by atoms with E-state index in [1.165, 1.54) is 0 Å². The molecule has 0 saturated heterocycles. The number of carbonyl (C=O) groups is 1. The second-order valence-corrected chi connectivity index (χ2v) is 3.31. The van der Waals surface area contributed by atoms with Crippen molar-refractivity contribution >= 4 is 5.97 Å². The number of hydrogen-bond donors (Lipinski definition) is 0. The van der Waals surface area contributed by atoms with Crippen LogP contribution in [0.1, 0.15) is 26.2 Å². The first kappa shape index (κ1) is 10.0. The summed E-state index contributed by atoms with van der Waals surface area (Å²) in [6, 6.07) is 0. The Labute approximate surface area is 79.3 Å². The Balaban J connectivity index is 2.72. The van der Waals surface area contributed by atoms with Crippen molar-refractivity contribution < 1.29 is 9.53 Å². The highest BCUT2D eigenvalue weighted by molar-refractivity contribution is 5.80. The van der Waals surface area contributed by atoms with E-state index in [1.54, 1.807) is 6.08 Å². The second-order valence-electron chi connectivity index (χ2n) is 3.31. The van der Waals surface area contributed by atoms with Gasteiger partial charge >= 0.3 is 5.97 Å². The molecule has 1 atom stereocenters. The molecule has 13 heavy (non-hydrogen) atoms. The minimum absolute atomic E-state index is 0.108. The van der Waals surface area contributed by atoms with Gasteiger partial charge in [0.05, 0.1) is 12.0 Å². The molecule has 72 valence electrons. The maximum atomic E-state index is 11.6. The number of ether oxygens (including phenoxy) is 1. The predicted octanol–water partition coefficient (Wildman–Crippen LogP) is 2.46. The first-order chi connectivity index (χ1) is 6.25. The zero-order valence-electron chi connectivity index (χ0n) is 8.08. The van der Waals surface area contributed by atoms with Gasteiger partial charge in [0.2, 0.25) is 0 Å². The summed E-state index contributed by atoms with van der Waals surface area (Å²) >= 11 is 0. The molecule has 0 aromatic rings. The molecule has 0 aromatic heterocycles. The van der Waals surface area contributed by atoms with Gasteiger partial charge in [-0.25, -0.2) is 0 Å². The third-order valence-corrected chi connectivity index (χ3v) is 2.38. The first-order valence-corrected chi connectivity index (χ1v) is 4.71. The molecule has 0 radical (unpaired) electrons. The third-order valence-electron chi connectivity index (χ3n) is 2.38. The highest BCUT2D eigenvalue weighted by atomic mass is 16.5. The monoisotopic (exact) mass is 180 g/mol. The molecule has 1 aliphatic rings. The molecule has 0 N–H and O–H groups in total. The van der Waals surface area contributed by atoms with Gasteiger partial charge in [0.25, 0.3) is 0 Å². The molecule has 1 aliphatic carbocycles. The van der Waals surface area contributed by atoms with Gasteiger partial charge in [-0.15, -0.1) is 6.58 Å². The van der Waals surface area contributed by atoms with Gasteiger partial charge in [-0.05, 0) is 26.2 Å². The van der Waals surface area contributed by atoms with Crippen LogP contribution >= 0.6 is 0 Å². The summed E-state index contributed by atoms with van der Waals surface area (Å²) in [6.07, 6.45) is 8.30. The second kappa shape index (κ2) is 4.26. The fraction of sp³-hybridized carbons (Fsp3) is 0.545. The maximum Gasteiger partial charge on any atom is 0.316 e. The van der Waals surface area contributed by atoms with Crippen LogP contribution in [-0.2, 0) is 9.53 Å². The van der Waals surface area contributed by atoms with Crippen LogP contribution in [0.5, 0.6) is 0 Å². The minimum atomic E-state index is -0.405. The van der Waals surface area contributed by atoms with Gasteiger partial charge in [-0.3, -0.25) is 4.79 Å². The van der Waals surface area contributed by atoms with Crippen LogP contribution in [0.25, 0.3) is 0 Å². The van der Waals surface area contributed by atoms with Crippen LogP contribution in [0, 0.1) is 5.41 Å². The number of rotatable bonds is 4. The third kappa shape index (κ3) is 2.00. The molecule has 2 heteroatoms. The van der Waals surface area contributed by atoms with Crippen molar-refractivity contribution in [1.82, 2.24) is 0 Å². The smallest absolute Gasteiger partial charge is 0.316 e. The lowest BCUT2D eigenvalue weighted by molar-refractivity contribution is -0.152. The topological polar surface area (TPSA) is 26.3 Å². The molecule has 0 aromatic carbocycles. The van der Waals surface area contributed by atoms with Crippen molar-refractivity contribution in [1.29, 1.82) is 0 Å². The van der Waals surface area contributed by atoms with Gasteiger partial charge in [0, 0.05) is 0 Å². The molecule has 1 rings (SSSR count). The summed E-state index contributed by atoms with van der Waals surface area (Å²) in [5.74, 6) is -0.108. The van der Waals surface area contributed by atoms with E-state index in [2.05, 4.69) is 6.58 Å². The standard InChI is InChI=1S/C11H16O2/c1-3-7-11(8-5-6-9-11)10(12)13-4-2/h3,5,8H,1,4,6-7,9H2,2H3. The summed E-state index contributed by atoms with van der Waals surface area (Å²) in [4.78, 5) is 11.6. The summed E-state index contributed by atoms with van der Waals surface area (Å²) in [5.41, 5.74) is -0.405. The Morgan fingerprint density at radius 3 is 3.00 bits per heavy atom. The van der Waals surface area contributed by atoms with Crippen molar-refractivity contribution in [3.05, 3.63) is 24.8 Å². The van der Waals surface area contributed by atoms with E-state index < -0.39 is 5.41 Å². The van der Waals surface area contributed by atoms with E-state index in [9.17, 15) is 4.79 Å². The molecular formula is C11H16O2. The van der Waals surface area contributed by atoms with E-state index in [-0.39, 0.29) is 5.97 Å². The molecule has 0 fully saturated rings. The molecule has 0 saturated carbocycles. The number of hydrogen-bond acceptors (Lipinski definition) is 2. The highest BCUT2D eigenvalue weighted by Crippen LogP contribution is 2.37. The Hall–Kier alpha value is -1.05. The number of esters is 1. The van der Waals surface area contributed by atoms with Gasteiger partial charge in [-0.1, -0.05) is 18.2 Å². The zero-order valence-corrected chi connectivity index (χ0v) is 8.08. The van der Waals surface area contributed by atoms with Gasteiger partial charge in [0.1, 0.15) is 0 Å². The van der Waals surface area contributed by atoms with Crippen molar-refractivity contribution in [2.45, 2.75) is 26.2 Å². The van der Waals surface area contributed by atoms with Crippen LogP contribution in [0.4, 0.5) is 0 Å². The molecule has 0 aliphatic heterocycles. The minimum Gasteiger partial charge on any atom is -0.465 e. The molecule has 0 heterocycles. The van der Waals surface area contributed by atoms with Gasteiger partial charge in [-0.2, -0.15) is 0 Å². The Kier molecular flexibility index (Phi) is 3.29. The van der Waals surface area contributed by atoms with E-state index in [1.807, 2.05) is 19.1 Å². The van der Waals surface area contributed by atoms with E-state index in [4.69, 9.17) is 4.74 Å². The van der Waals surface area contributed by atoms with Gasteiger partial charge < -0.3 is 4.74 Å². The van der Waals surface area contributed by atoms with E-state index in [0.717, 1.165) is 12.8 Å². The number of allylic oxidation sites excluding steroid dienone is 2. The lowest BCUT2D eigenvalue weighted by Gasteiger charge is -2.22. The molecule has 0 amide bonds. The van der Waals surface area contributed by atoms with Crippen molar-refractivity contribution in [3.8, 4) is 0 Å². The van der Waals surface area contributed by atoms with Crippen LogP contribution in [-0.4, -0.2) is 12.6 Å². The highest BCUT2D eigenvalue weighted by Gasteiger charge is 2.37. The van der Waals surface area contributed by atoms with Crippen LogP contribution < -0.4 is 0 Å². The van der Waals surface area contributed by atoms with Crippen molar-refractivity contribution in [2.24, 2.45) is 5.41 Å². The fourth-order valence-electron chi connectivity index (χ4n) is 1.69. The summed E-state index contributed by atoms with van der Waals surface area (Å²) < 4.78 is 5.04. The zero-order chi connectivity index (χ0) is 9.73. The number of carbonyl (C=O) groups excluding carboxylic acids is 1. The Bertz CT molecular complexity index is 230. The Morgan fingerprint density at radius 2 is 2.54 bits per heavy atom. The molecule has 0 bridgehead atoms. The largest absolute Gasteiger partial charge is 0.465 e. The summed E-state index contributed by atoms with van der Waals surface area (Å²) in [6.45, 7) is 5.95. The average Bonchev–Trinajstić information content (AvgIpc) is 2.55. The van der Waals surface area contributed by atoms with Crippen LogP contribution in [0.3, 0.4) is 0 Å². The first-order valence-electron chi connectivity index (χ1n) is 4.71. The fourth-order valence-corrected chi connectivity index (χ4v) is 1.69. The molecule has 1 unspecified atom stereocenters. The van der Waals surface area contributed by atoms with Crippen LogP contribution in [0.15, 0.2) is 24.8 Å². The molecule has 2 nitrogen and oxygen atoms in total. The lowest BCUT2D eigenvalue weighted by atomic mass is 9.84. The summed E-state index contributed by atoms with van der Waals surface area (Å²) in [5, 5.41) is 0. The van der Waals surface area contributed by atoms with Crippen molar-refractivity contribution in [3.63, 3.8) is 0 Å². The van der Waals surface area contributed by atoms with E-state index >= 15 is 0 Å². The summed E-state index contributed by atoms with van der Waals surface area (Å²) in [7, 11) is 0. The molecule has 0 spiro atoms. The maximum absolute atomic E-state index is 11.6. The Morgan fingerprint density at radius 1 is 1.77 bits per heavy atom. The van der Waals surface area contributed by atoms with E-state index in [0.29, 0.717) is 13.0 Å².